The van der Waals surface area contributed by atoms with Crippen molar-refractivity contribution in [3.8, 4) is 0 Å². The minimum absolute atomic E-state index is 0.0199. The number of hydrogen-bond donors (Lipinski definition) is 0. The lowest BCUT2D eigenvalue weighted by Crippen LogP contribution is -2.15. The molecule has 0 saturated carbocycles. The van der Waals surface area contributed by atoms with E-state index in [1.165, 1.54) is 22.3 Å². The summed E-state index contributed by atoms with van der Waals surface area (Å²) in [5, 5.41) is 0.0199. The Morgan fingerprint density at radius 2 is 1.55 bits per heavy atom. The van der Waals surface area contributed by atoms with Crippen molar-refractivity contribution in [1.82, 2.24) is 0 Å². The molecule has 0 aromatic heterocycles. The highest BCUT2D eigenvalue weighted by Gasteiger charge is 2.21. The predicted molar refractivity (Wildman–Crippen MR) is 88.6 cm³/mol. The summed E-state index contributed by atoms with van der Waals surface area (Å²) in [7, 11) is 0. The fourth-order valence-corrected chi connectivity index (χ4v) is 2.95. The molecule has 1 atom stereocenters. The zero-order valence-corrected chi connectivity index (χ0v) is 13.5. The van der Waals surface area contributed by atoms with Gasteiger partial charge >= 0.3 is 0 Å². The van der Waals surface area contributed by atoms with E-state index in [1.807, 2.05) is 0 Å². The maximum Gasteiger partial charge on any atom is 0.0628 e. The zero-order chi connectivity index (χ0) is 14.8. The quantitative estimate of drug-likeness (QED) is 0.624. The third-order valence-electron chi connectivity index (χ3n) is 3.77. The predicted octanol–water partition coefficient (Wildman–Crippen LogP) is 5.82. The largest absolute Gasteiger partial charge is 0.117 e. The van der Waals surface area contributed by atoms with Crippen molar-refractivity contribution in [3.05, 3.63) is 70.8 Å². The van der Waals surface area contributed by atoms with Crippen molar-refractivity contribution in [2.75, 3.05) is 0 Å². The average molecular weight is 287 g/mol. The molecule has 1 unspecified atom stereocenters. The van der Waals surface area contributed by atoms with Gasteiger partial charge in [-0.15, -0.1) is 11.6 Å². The lowest BCUT2D eigenvalue weighted by atomic mass is 9.82. The first-order valence-corrected chi connectivity index (χ1v) is 7.61. The highest BCUT2D eigenvalue weighted by molar-refractivity contribution is 6.21. The summed E-state index contributed by atoms with van der Waals surface area (Å²) in [6.07, 6.45) is 0.876. The fourth-order valence-electron chi connectivity index (χ4n) is 2.60. The van der Waals surface area contributed by atoms with Gasteiger partial charge in [0, 0.05) is 0 Å². The van der Waals surface area contributed by atoms with E-state index in [1.54, 1.807) is 0 Å². The lowest BCUT2D eigenvalue weighted by molar-refractivity contribution is 0.580. The standard InChI is InChI=1S/C19H23Cl/c1-14-9-5-6-10-15(14)13-18(20)16-11-7-8-12-17(16)19(2,3)4/h5-12,18H,13H2,1-4H3. The van der Waals surface area contributed by atoms with Crippen molar-refractivity contribution >= 4 is 11.6 Å². The van der Waals surface area contributed by atoms with Gasteiger partial charge in [0.25, 0.3) is 0 Å². The van der Waals surface area contributed by atoms with Gasteiger partial charge < -0.3 is 0 Å². The van der Waals surface area contributed by atoms with Crippen LogP contribution in [-0.2, 0) is 11.8 Å². The Kier molecular flexibility index (Phi) is 4.55. The molecule has 0 radical (unpaired) electrons. The van der Waals surface area contributed by atoms with E-state index in [2.05, 4.69) is 76.2 Å². The molecule has 0 heterocycles. The maximum atomic E-state index is 6.72. The number of rotatable bonds is 3. The molecular formula is C19H23Cl. The Morgan fingerprint density at radius 3 is 2.20 bits per heavy atom. The Balaban J connectivity index is 2.31. The van der Waals surface area contributed by atoms with Gasteiger partial charge in [-0.25, -0.2) is 0 Å². The van der Waals surface area contributed by atoms with Gasteiger partial charge in [0.05, 0.1) is 5.38 Å². The normalized spacial score (nSPS) is 13.2. The topological polar surface area (TPSA) is 0 Å². The highest BCUT2D eigenvalue weighted by Crippen LogP contribution is 2.34. The third kappa shape index (κ3) is 3.43. The van der Waals surface area contributed by atoms with Crippen LogP contribution >= 0.6 is 11.6 Å². The fraction of sp³-hybridized carbons (Fsp3) is 0.368. The summed E-state index contributed by atoms with van der Waals surface area (Å²) in [5.74, 6) is 0. The smallest absolute Gasteiger partial charge is 0.0628 e. The lowest BCUT2D eigenvalue weighted by Gasteiger charge is -2.25. The van der Waals surface area contributed by atoms with Crippen LogP contribution in [0.1, 0.15) is 48.4 Å². The van der Waals surface area contributed by atoms with Crippen LogP contribution in [0.2, 0.25) is 0 Å². The monoisotopic (exact) mass is 286 g/mol. The maximum absolute atomic E-state index is 6.72. The van der Waals surface area contributed by atoms with Crippen LogP contribution in [0.15, 0.2) is 48.5 Å². The molecule has 0 nitrogen and oxygen atoms in total. The summed E-state index contributed by atoms with van der Waals surface area (Å²) in [6, 6.07) is 17.0. The number of hydrogen-bond acceptors (Lipinski definition) is 0. The van der Waals surface area contributed by atoms with Crippen molar-refractivity contribution in [1.29, 1.82) is 0 Å². The van der Waals surface area contributed by atoms with Gasteiger partial charge in [-0.3, -0.25) is 0 Å². The van der Waals surface area contributed by atoms with Gasteiger partial charge in [-0.1, -0.05) is 69.3 Å². The van der Waals surface area contributed by atoms with Crippen LogP contribution < -0.4 is 0 Å². The Hall–Kier alpha value is -1.27. The van der Waals surface area contributed by atoms with Gasteiger partial charge in [0.15, 0.2) is 0 Å². The summed E-state index contributed by atoms with van der Waals surface area (Å²) in [5.41, 5.74) is 5.36. The second-order valence-electron chi connectivity index (χ2n) is 6.44. The molecule has 106 valence electrons. The van der Waals surface area contributed by atoms with E-state index in [9.17, 15) is 0 Å². The van der Waals surface area contributed by atoms with Crippen molar-refractivity contribution in [2.45, 2.75) is 44.9 Å². The first-order chi connectivity index (χ1) is 9.39. The number of halogens is 1. The molecule has 0 amide bonds. The Labute approximate surface area is 127 Å². The van der Waals surface area contributed by atoms with Gasteiger partial charge in [-0.2, -0.15) is 0 Å². The van der Waals surface area contributed by atoms with Crippen LogP contribution in [0.25, 0.3) is 0 Å². The number of alkyl halides is 1. The van der Waals surface area contributed by atoms with E-state index in [0.29, 0.717) is 0 Å². The molecule has 0 fully saturated rings. The average Bonchev–Trinajstić information content (AvgIpc) is 2.40. The Morgan fingerprint density at radius 1 is 0.950 bits per heavy atom. The van der Waals surface area contributed by atoms with Crippen molar-refractivity contribution < 1.29 is 0 Å². The van der Waals surface area contributed by atoms with E-state index >= 15 is 0 Å². The van der Waals surface area contributed by atoms with E-state index < -0.39 is 0 Å². The Bertz CT molecular complexity index is 578. The molecule has 2 aromatic rings. The molecule has 0 bridgehead atoms. The minimum Gasteiger partial charge on any atom is -0.117 e. The minimum atomic E-state index is 0.0199. The van der Waals surface area contributed by atoms with E-state index in [-0.39, 0.29) is 10.8 Å². The molecule has 0 aliphatic rings. The molecule has 0 saturated heterocycles. The summed E-state index contributed by atoms with van der Waals surface area (Å²) in [4.78, 5) is 0. The second-order valence-corrected chi connectivity index (χ2v) is 6.96. The molecule has 20 heavy (non-hydrogen) atoms. The summed E-state index contributed by atoms with van der Waals surface area (Å²) < 4.78 is 0. The SMILES string of the molecule is Cc1ccccc1CC(Cl)c1ccccc1C(C)(C)C. The molecule has 0 N–H and O–H groups in total. The van der Waals surface area contributed by atoms with Crippen molar-refractivity contribution in [3.63, 3.8) is 0 Å². The summed E-state index contributed by atoms with van der Waals surface area (Å²) >= 11 is 6.72. The molecule has 2 rings (SSSR count). The van der Waals surface area contributed by atoms with Crippen LogP contribution in [0, 0.1) is 6.92 Å². The number of aryl methyl sites for hydroxylation is 1. The van der Waals surface area contributed by atoms with Crippen LogP contribution in [0.3, 0.4) is 0 Å². The van der Waals surface area contributed by atoms with Crippen LogP contribution in [0.5, 0.6) is 0 Å². The molecule has 0 aliphatic heterocycles. The van der Waals surface area contributed by atoms with Crippen LogP contribution in [0.4, 0.5) is 0 Å². The zero-order valence-electron chi connectivity index (χ0n) is 12.8. The first-order valence-electron chi connectivity index (χ1n) is 7.17. The molecule has 0 spiro atoms. The molecule has 0 aliphatic carbocycles. The molecule has 2 aromatic carbocycles. The van der Waals surface area contributed by atoms with Gasteiger partial charge in [0.1, 0.15) is 0 Å². The van der Waals surface area contributed by atoms with Crippen LogP contribution in [-0.4, -0.2) is 0 Å². The number of benzene rings is 2. The first kappa shape index (κ1) is 15.1. The second kappa shape index (κ2) is 6.01. The summed E-state index contributed by atoms with van der Waals surface area (Å²) in [6.45, 7) is 8.87. The third-order valence-corrected chi connectivity index (χ3v) is 4.16. The molecular weight excluding hydrogens is 264 g/mol. The molecule has 1 heteroatoms. The van der Waals surface area contributed by atoms with E-state index in [0.717, 1.165) is 6.42 Å². The van der Waals surface area contributed by atoms with Gasteiger partial charge in [-0.05, 0) is 41.0 Å². The van der Waals surface area contributed by atoms with Crippen molar-refractivity contribution in [2.24, 2.45) is 0 Å². The highest BCUT2D eigenvalue weighted by atomic mass is 35.5. The van der Waals surface area contributed by atoms with E-state index in [4.69, 9.17) is 11.6 Å². The van der Waals surface area contributed by atoms with Gasteiger partial charge in [0.2, 0.25) is 0 Å².